The number of fused-ring (bicyclic) bond motifs is 1. The van der Waals surface area contributed by atoms with Crippen LogP contribution in [0.4, 0.5) is 5.69 Å². The molecule has 5 nitrogen and oxygen atoms in total. The van der Waals surface area contributed by atoms with Gasteiger partial charge in [-0.25, -0.2) is 4.98 Å². The van der Waals surface area contributed by atoms with Crippen LogP contribution in [0.15, 0.2) is 54.3 Å². The first kappa shape index (κ1) is 19.9. The van der Waals surface area contributed by atoms with Crippen LogP contribution in [0.5, 0.6) is 0 Å². The number of thiazole rings is 1. The number of rotatable bonds is 7. The van der Waals surface area contributed by atoms with Crippen molar-refractivity contribution in [1.82, 2.24) is 4.98 Å². The van der Waals surface area contributed by atoms with Gasteiger partial charge in [0.05, 0.1) is 21.7 Å². The van der Waals surface area contributed by atoms with Crippen molar-refractivity contribution in [3.8, 4) is 6.07 Å². The highest BCUT2D eigenvalue weighted by atomic mass is 32.2. The minimum Gasteiger partial charge on any atom is -0.510 e. The highest BCUT2D eigenvalue weighted by Crippen LogP contribution is 2.28. The molecule has 1 aromatic heterocycles. The lowest BCUT2D eigenvalue weighted by Gasteiger charge is -2.06. The van der Waals surface area contributed by atoms with E-state index in [1.165, 1.54) is 28.7 Å². The zero-order valence-electron chi connectivity index (χ0n) is 15.3. The molecule has 1 amide bonds. The SMILES string of the molecule is CCc1ccc(NC(=O)CSC/C(O)=C(\C#N)c2nc3ccccc3s2)cc1. The summed E-state index contributed by atoms with van der Waals surface area (Å²) in [4.78, 5) is 16.5. The summed E-state index contributed by atoms with van der Waals surface area (Å²) in [6.07, 6.45) is 0.950. The summed E-state index contributed by atoms with van der Waals surface area (Å²) in [7, 11) is 0. The lowest BCUT2D eigenvalue weighted by atomic mass is 10.1. The standard InChI is InChI=1S/C21H19N3O2S2/c1-2-14-7-9-15(10-8-14)23-20(26)13-27-12-18(25)16(11-22)21-24-17-5-3-4-6-19(17)28-21/h3-10,25H,2,12-13H2,1H3,(H,23,26)/b18-16-. The topological polar surface area (TPSA) is 86.0 Å². The van der Waals surface area contributed by atoms with Crippen LogP contribution in [0, 0.1) is 11.3 Å². The predicted molar refractivity (Wildman–Crippen MR) is 117 cm³/mol. The van der Waals surface area contributed by atoms with Gasteiger partial charge in [0.2, 0.25) is 5.91 Å². The Balaban J connectivity index is 1.58. The number of aliphatic hydroxyl groups is 1. The van der Waals surface area contributed by atoms with Crippen LogP contribution in [0.1, 0.15) is 17.5 Å². The number of carbonyl (C=O) groups excluding carboxylic acids is 1. The van der Waals surface area contributed by atoms with Gasteiger partial charge in [-0.05, 0) is 36.2 Å². The van der Waals surface area contributed by atoms with Crippen LogP contribution in [0.2, 0.25) is 0 Å². The molecule has 0 aliphatic carbocycles. The molecule has 0 spiro atoms. The van der Waals surface area contributed by atoms with Gasteiger partial charge >= 0.3 is 0 Å². The van der Waals surface area contributed by atoms with Gasteiger partial charge in [0.25, 0.3) is 0 Å². The second-order valence-corrected chi connectivity index (χ2v) is 8.03. The van der Waals surface area contributed by atoms with Gasteiger partial charge in [0.15, 0.2) is 0 Å². The first-order valence-corrected chi connectivity index (χ1v) is 10.7. The minimum absolute atomic E-state index is 0.0633. The van der Waals surface area contributed by atoms with Gasteiger partial charge in [-0.1, -0.05) is 31.2 Å². The maximum Gasteiger partial charge on any atom is 0.234 e. The summed E-state index contributed by atoms with van der Waals surface area (Å²) in [5.74, 6) is 0.131. The monoisotopic (exact) mass is 409 g/mol. The molecule has 3 rings (SSSR count). The predicted octanol–water partition coefficient (Wildman–Crippen LogP) is 5.02. The lowest BCUT2D eigenvalue weighted by Crippen LogP contribution is -2.14. The molecule has 142 valence electrons. The fourth-order valence-corrected chi connectivity index (χ4v) is 4.23. The van der Waals surface area contributed by atoms with Gasteiger partial charge in [0.1, 0.15) is 22.4 Å². The van der Waals surface area contributed by atoms with Gasteiger partial charge in [-0.2, -0.15) is 5.26 Å². The Morgan fingerprint density at radius 1 is 1.21 bits per heavy atom. The van der Waals surface area contributed by atoms with E-state index < -0.39 is 0 Å². The number of aromatic nitrogens is 1. The number of nitrogens with zero attached hydrogens (tertiary/aromatic N) is 2. The average Bonchev–Trinajstić information content (AvgIpc) is 3.12. The van der Waals surface area contributed by atoms with E-state index in [4.69, 9.17) is 0 Å². The van der Waals surface area contributed by atoms with Gasteiger partial charge in [-0.15, -0.1) is 23.1 Å². The average molecular weight is 410 g/mol. The van der Waals surface area contributed by atoms with Crippen LogP contribution >= 0.6 is 23.1 Å². The summed E-state index contributed by atoms with van der Waals surface area (Å²) in [5.41, 5.74) is 2.91. The number of para-hydroxylation sites is 1. The second kappa shape index (κ2) is 9.40. The fraction of sp³-hybridized carbons (Fsp3) is 0.190. The van der Waals surface area contributed by atoms with Crippen LogP contribution in [-0.4, -0.2) is 27.5 Å². The molecule has 0 saturated carbocycles. The van der Waals surface area contributed by atoms with E-state index in [0.717, 1.165) is 22.3 Å². The molecule has 7 heteroatoms. The third-order valence-electron chi connectivity index (χ3n) is 4.03. The quantitative estimate of drug-likeness (QED) is 0.422. The Kier molecular flexibility index (Phi) is 6.69. The molecule has 0 fully saturated rings. The van der Waals surface area contributed by atoms with E-state index in [0.29, 0.717) is 5.01 Å². The molecular weight excluding hydrogens is 390 g/mol. The van der Waals surface area contributed by atoms with Crippen molar-refractivity contribution in [2.24, 2.45) is 0 Å². The fourth-order valence-electron chi connectivity index (χ4n) is 2.55. The maximum atomic E-state index is 12.1. The summed E-state index contributed by atoms with van der Waals surface area (Å²) < 4.78 is 0.958. The van der Waals surface area contributed by atoms with Crippen molar-refractivity contribution in [2.75, 3.05) is 16.8 Å². The first-order chi connectivity index (χ1) is 13.6. The smallest absolute Gasteiger partial charge is 0.234 e. The first-order valence-electron chi connectivity index (χ1n) is 8.75. The summed E-state index contributed by atoms with van der Waals surface area (Å²) >= 11 is 2.61. The minimum atomic E-state index is -0.152. The van der Waals surface area contributed by atoms with Crippen LogP contribution in [0.25, 0.3) is 15.8 Å². The number of aliphatic hydroxyl groups excluding tert-OH is 1. The van der Waals surface area contributed by atoms with E-state index in [-0.39, 0.29) is 28.7 Å². The molecule has 2 aromatic carbocycles. The molecule has 0 aliphatic rings. The van der Waals surface area contributed by atoms with Crippen molar-refractivity contribution < 1.29 is 9.90 Å². The van der Waals surface area contributed by atoms with Crippen molar-refractivity contribution in [3.05, 3.63) is 64.9 Å². The number of carbonyl (C=O) groups is 1. The van der Waals surface area contributed by atoms with Gasteiger partial charge < -0.3 is 10.4 Å². The molecule has 1 heterocycles. The normalized spacial score (nSPS) is 11.7. The van der Waals surface area contributed by atoms with E-state index in [1.54, 1.807) is 0 Å². The van der Waals surface area contributed by atoms with E-state index in [2.05, 4.69) is 17.2 Å². The maximum absolute atomic E-state index is 12.1. The molecule has 3 aromatic rings. The van der Waals surface area contributed by atoms with Crippen LogP contribution in [0.3, 0.4) is 0 Å². The number of aryl methyl sites for hydroxylation is 1. The van der Waals surface area contributed by atoms with E-state index in [9.17, 15) is 15.2 Å². The van der Waals surface area contributed by atoms with E-state index >= 15 is 0 Å². The number of amides is 1. The molecule has 28 heavy (non-hydrogen) atoms. The summed E-state index contributed by atoms with van der Waals surface area (Å²) in [5, 5.41) is 23.1. The summed E-state index contributed by atoms with van der Waals surface area (Å²) in [6.45, 7) is 2.08. The number of nitrogens with one attached hydrogen (secondary N) is 1. The highest BCUT2D eigenvalue weighted by Gasteiger charge is 2.14. The van der Waals surface area contributed by atoms with Crippen molar-refractivity contribution in [1.29, 1.82) is 5.26 Å². The third-order valence-corrected chi connectivity index (χ3v) is 6.02. The molecule has 0 aliphatic heterocycles. The number of nitriles is 1. The highest BCUT2D eigenvalue weighted by molar-refractivity contribution is 8.00. The van der Waals surface area contributed by atoms with E-state index in [1.807, 2.05) is 54.6 Å². The number of anilines is 1. The molecule has 0 atom stereocenters. The third kappa shape index (κ3) is 4.91. The zero-order chi connectivity index (χ0) is 19.9. The molecule has 2 N–H and O–H groups in total. The van der Waals surface area contributed by atoms with Crippen molar-refractivity contribution >= 4 is 50.5 Å². The number of benzene rings is 2. The summed E-state index contributed by atoms with van der Waals surface area (Å²) in [6, 6.07) is 17.3. The van der Waals surface area contributed by atoms with Gasteiger partial charge in [-0.3, -0.25) is 4.79 Å². The number of hydrogen-bond acceptors (Lipinski definition) is 6. The van der Waals surface area contributed by atoms with Crippen molar-refractivity contribution in [3.63, 3.8) is 0 Å². The Morgan fingerprint density at radius 2 is 1.96 bits per heavy atom. The number of allylic oxidation sites excluding steroid dienone is 1. The second-order valence-electron chi connectivity index (χ2n) is 6.01. The molecule has 0 radical (unpaired) electrons. The molecule has 0 bridgehead atoms. The number of hydrogen-bond donors (Lipinski definition) is 2. The largest absolute Gasteiger partial charge is 0.510 e. The van der Waals surface area contributed by atoms with Crippen LogP contribution < -0.4 is 5.32 Å². The van der Waals surface area contributed by atoms with Crippen LogP contribution in [-0.2, 0) is 11.2 Å². The Morgan fingerprint density at radius 3 is 2.64 bits per heavy atom. The lowest BCUT2D eigenvalue weighted by molar-refractivity contribution is -0.113. The molecule has 0 unspecified atom stereocenters. The van der Waals surface area contributed by atoms with Gasteiger partial charge in [0, 0.05) is 5.69 Å². The Hall–Kier alpha value is -2.82. The Bertz CT molecular complexity index is 1020. The Labute approximate surface area is 171 Å². The number of thioether (sulfide) groups is 1. The molecular formula is C21H19N3O2S2. The molecule has 0 saturated heterocycles. The zero-order valence-corrected chi connectivity index (χ0v) is 16.9. The van der Waals surface area contributed by atoms with Crippen molar-refractivity contribution in [2.45, 2.75) is 13.3 Å².